The Labute approximate surface area is 126 Å². The average Bonchev–Trinajstić information content (AvgIpc) is 2.86. The van der Waals surface area contributed by atoms with E-state index in [0.29, 0.717) is 5.56 Å². The maximum atomic E-state index is 11.7. The highest BCUT2D eigenvalue weighted by Crippen LogP contribution is 2.32. The first kappa shape index (κ1) is 15.3. The van der Waals surface area contributed by atoms with Gasteiger partial charge in [-0.2, -0.15) is 0 Å². The molecular formula is C14H14ClNO5. The van der Waals surface area contributed by atoms with Crippen molar-refractivity contribution in [1.82, 2.24) is 0 Å². The summed E-state index contributed by atoms with van der Waals surface area (Å²) in [5.41, 5.74) is 4.62. The first-order valence-electron chi connectivity index (χ1n) is 6.14. The number of hydrogen-bond donors (Lipinski definition) is 1. The number of cyclic esters (lactones) is 1. The molecule has 0 aromatic heterocycles. The molecule has 0 amide bonds. The normalized spacial score (nSPS) is 20.2. The minimum atomic E-state index is -1.30. The van der Waals surface area contributed by atoms with Crippen LogP contribution in [0.4, 0.5) is 0 Å². The molecule has 0 bridgehead atoms. The van der Waals surface area contributed by atoms with E-state index in [-0.39, 0.29) is 5.76 Å². The molecule has 21 heavy (non-hydrogen) atoms. The largest absolute Gasteiger partial charge is 0.497 e. The molecule has 0 saturated heterocycles. The quantitative estimate of drug-likeness (QED) is 0.500. The van der Waals surface area contributed by atoms with E-state index in [2.05, 4.69) is 0 Å². The molecule has 3 atom stereocenters. The lowest BCUT2D eigenvalue weighted by molar-refractivity contribution is -0.162. The Bertz CT molecular complexity index is 558. The smallest absolute Gasteiger partial charge is 0.339 e. The van der Waals surface area contributed by atoms with E-state index in [1.807, 2.05) is 6.07 Å². The van der Waals surface area contributed by atoms with Crippen LogP contribution in [0, 0.1) is 0 Å². The van der Waals surface area contributed by atoms with Crippen molar-refractivity contribution < 1.29 is 23.8 Å². The van der Waals surface area contributed by atoms with Gasteiger partial charge in [0, 0.05) is 0 Å². The number of carbonyl (C=O) groups is 2. The molecule has 0 aliphatic carbocycles. The molecule has 1 aromatic carbocycles. The summed E-state index contributed by atoms with van der Waals surface area (Å²) in [7, 11) is 1.40. The number of esters is 2. The van der Waals surface area contributed by atoms with Crippen molar-refractivity contribution in [2.45, 2.75) is 17.7 Å². The Morgan fingerprint density at radius 2 is 2.05 bits per heavy atom. The molecule has 1 aromatic rings. The molecule has 112 valence electrons. The maximum Gasteiger partial charge on any atom is 0.339 e. The molecule has 6 nitrogen and oxygen atoms in total. The highest BCUT2D eigenvalue weighted by molar-refractivity contribution is 6.29. The number of benzene rings is 1. The Balaban J connectivity index is 2.30. The van der Waals surface area contributed by atoms with Crippen molar-refractivity contribution >= 4 is 23.5 Å². The first-order valence-corrected chi connectivity index (χ1v) is 6.58. The molecule has 2 N–H and O–H groups in total. The van der Waals surface area contributed by atoms with Gasteiger partial charge in [0.05, 0.1) is 13.2 Å². The van der Waals surface area contributed by atoms with Gasteiger partial charge in [-0.1, -0.05) is 41.9 Å². The lowest BCUT2D eigenvalue weighted by atomic mass is 10.0. The Morgan fingerprint density at radius 1 is 1.38 bits per heavy atom. The van der Waals surface area contributed by atoms with E-state index < -0.39 is 29.6 Å². The summed E-state index contributed by atoms with van der Waals surface area (Å²) in [5.74, 6) is -1.11. The number of carbonyl (C=O) groups excluding carboxylic acids is 2. The number of methoxy groups -OCH3 is 1. The molecule has 1 aliphatic rings. The summed E-state index contributed by atoms with van der Waals surface area (Å²) in [4.78, 5) is 23.1. The highest BCUT2D eigenvalue weighted by Gasteiger charge is 2.38. The van der Waals surface area contributed by atoms with Gasteiger partial charge in [0.2, 0.25) is 0 Å². The fraction of sp³-hybridized carbons (Fsp3) is 0.286. The van der Waals surface area contributed by atoms with Gasteiger partial charge in [0.15, 0.2) is 17.7 Å². The Hall–Kier alpha value is -2.05. The number of alkyl halides is 1. The molecule has 0 saturated carbocycles. The molecule has 0 spiro atoms. The lowest BCUT2D eigenvalue weighted by Gasteiger charge is -2.25. The van der Waals surface area contributed by atoms with Crippen LogP contribution in [0.5, 0.6) is 0 Å². The third-order valence-electron chi connectivity index (χ3n) is 2.89. The number of halogens is 1. The summed E-state index contributed by atoms with van der Waals surface area (Å²) in [6.45, 7) is 0. The van der Waals surface area contributed by atoms with Crippen LogP contribution < -0.4 is 5.73 Å². The lowest BCUT2D eigenvalue weighted by Crippen LogP contribution is -2.33. The molecule has 0 fully saturated rings. The van der Waals surface area contributed by atoms with Gasteiger partial charge < -0.3 is 19.9 Å². The SMILES string of the molecule is COC1=CC(=O)OC1C(OC(=O)C(N)Cl)c1ccccc1. The van der Waals surface area contributed by atoms with Crippen molar-refractivity contribution in [2.24, 2.45) is 5.73 Å². The van der Waals surface area contributed by atoms with Crippen LogP contribution in [0.15, 0.2) is 42.2 Å². The summed E-state index contributed by atoms with van der Waals surface area (Å²) in [6.07, 6.45) is -0.555. The van der Waals surface area contributed by atoms with Crippen molar-refractivity contribution in [2.75, 3.05) is 7.11 Å². The van der Waals surface area contributed by atoms with Gasteiger partial charge in [-0.25, -0.2) is 9.59 Å². The van der Waals surface area contributed by atoms with Crippen molar-refractivity contribution in [3.8, 4) is 0 Å². The second-order valence-electron chi connectivity index (χ2n) is 4.28. The molecular weight excluding hydrogens is 298 g/mol. The predicted octanol–water partition coefficient (Wildman–Crippen LogP) is 1.25. The fourth-order valence-electron chi connectivity index (χ4n) is 1.94. The molecule has 1 aliphatic heterocycles. The minimum Gasteiger partial charge on any atom is -0.497 e. The van der Waals surface area contributed by atoms with Crippen molar-refractivity contribution in [3.63, 3.8) is 0 Å². The van der Waals surface area contributed by atoms with Crippen LogP contribution in [0.2, 0.25) is 0 Å². The van der Waals surface area contributed by atoms with E-state index in [1.54, 1.807) is 24.3 Å². The third-order valence-corrected chi connectivity index (χ3v) is 3.07. The average molecular weight is 312 g/mol. The third kappa shape index (κ3) is 3.53. The van der Waals surface area contributed by atoms with E-state index >= 15 is 0 Å². The zero-order valence-electron chi connectivity index (χ0n) is 11.2. The molecule has 1 heterocycles. The second-order valence-corrected chi connectivity index (χ2v) is 4.75. The van der Waals surface area contributed by atoms with Crippen LogP contribution >= 0.6 is 11.6 Å². The highest BCUT2D eigenvalue weighted by atomic mass is 35.5. The molecule has 2 rings (SSSR count). The monoisotopic (exact) mass is 311 g/mol. The molecule has 3 unspecified atom stereocenters. The fourth-order valence-corrected chi connectivity index (χ4v) is 1.99. The Morgan fingerprint density at radius 3 is 2.62 bits per heavy atom. The topological polar surface area (TPSA) is 87.9 Å². The number of rotatable bonds is 5. The van der Waals surface area contributed by atoms with Crippen molar-refractivity contribution in [3.05, 3.63) is 47.7 Å². The Kier molecular flexibility index (Phi) is 4.82. The number of ether oxygens (including phenoxy) is 3. The summed E-state index contributed by atoms with van der Waals surface area (Å²) in [6, 6.07) is 8.81. The molecule has 0 radical (unpaired) electrons. The van der Waals surface area contributed by atoms with Crippen LogP contribution in [-0.4, -0.2) is 30.7 Å². The maximum absolute atomic E-state index is 11.7. The number of nitrogens with two attached hydrogens (primary N) is 1. The summed E-state index contributed by atoms with van der Waals surface area (Å²) in [5, 5.41) is 0. The standard InChI is InChI=1S/C14H14ClNO5/c1-19-9-7-10(17)20-12(9)11(21-14(18)13(15)16)8-5-3-2-4-6-8/h2-7,11-13H,16H2,1H3. The zero-order valence-corrected chi connectivity index (χ0v) is 11.9. The summed E-state index contributed by atoms with van der Waals surface area (Å²) >= 11 is 5.52. The van der Waals surface area contributed by atoms with Crippen LogP contribution in [-0.2, 0) is 23.8 Å². The predicted molar refractivity (Wildman–Crippen MR) is 74.1 cm³/mol. The van der Waals surface area contributed by atoms with Crippen LogP contribution in [0.1, 0.15) is 11.7 Å². The van der Waals surface area contributed by atoms with E-state index in [1.165, 1.54) is 13.2 Å². The van der Waals surface area contributed by atoms with E-state index in [4.69, 9.17) is 31.5 Å². The number of hydrogen-bond acceptors (Lipinski definition) is 6. The minimum absolute atomic E-state index is 0.268. The first-order chi connectivity index (χ1) is 10.0. The van der Waals surface area contributed by atoms with Gasteiger partial charge >= 0.3 is 11.9 Å². The van der Waals surface area contributed by atoms with Gasteiger partial charge in [0.1, 0.15) is 5.76 Å². The van der Waals surface area contributed by atoms with Gasteiger partial charge in [-0.05, 0) is 5.56 Å². The van der Waals surface area contributed by atoms with Gasteiger partial charge in [0.25, 0.3) is 0 Å². The van der Waals surface area contributed by atoms with Crippen molar-refractivity contribution in [1.29, 1.82) is 0 Å². The second kappa shape index (κ2) is 6.60. The van der Waals surface area contributed by atoms with E-state index in [9.17, 15) is 9.59 Å². The van der Waals surface area contributed by atoms with E-state index in [0.717, 1.165) is 0 Å². The van der Waals surface area contributed by atoms with Crippen LogP contribution in [0.3, 0.4) is 0 Å². The molecule has 7 heteroatoms. The van der Waals surface area contributed by atoms with Crippen LogP contribution in [0.25, 0.3) is 0 Å². The summed E-state index contributed by atoms with van der Waals surface area (Å²) < 4.78 is 15.5. The zero-order chi connectivity index (χ0) is 15.4. The van der Waals surface area contributed by atoms with Gasteiger partial charge in [-0.15, -0.1) is 0 Å². The van der Waals surface area contributed by atoms with Gasteiger partial charge in [-0.3, -0.25) is 0 Å².